The van der Waals surface area contributed by atoms with Crippen molar-refractivity contribution in [3.8, 4) is 0 Å². The maximum atomic E-state index is 13.8. The molecule has 6 atom stereocenters. The fourth-order valence-corrected chi connectivity index (χ4v) is 4.97. The molecule has 5 amide bonds. The maximum Gasteiger partial charge on any atom is 0.408 e. The average molecular weight is 694 g/mol. The molecular formula is C34H55N5O8S. The summed E-state index contributed by atoms with van der Waals surface area (Å²) in [6, 6.07) is 4.73. The van der Waals surface area contributed by atoms with Crippen LogP contribution in [0.15, 0.2) is 30.3 Å². The van der Waals surface area contributed by atoms with Gasteiger partial charge in [0.15, 0.2) is 0 Å². The van der Waals surface area contributed by atoms with Crippen molar-refractivity contribution in [2.24, 2.45) is 17.6 Å². The predicted octanol–water partition coefficient (Wildman–Crippen LogP) is 3.19. The van der Waals surface area contributed by atoms with Gasteiger partial charge in [-0.15, -0.1) is 0 Å². The van der Waals surface area contributed by atoms with Gasteiger partial charge in [0.05, 0.1) is 0 Å². The van der Waals surface area contributed by atoms with Crippen molar-refractivity contribution < 1.29 is 38.2 Å². The van der Waals surface area contributed by atoms with E-state index >= 15 is 0 Å². The third kappa shape index (κ3) is 15.9. The summed E-state index contributed by atoms with van der Waals surface area (Å²) in [5.41, 5.74) is 5.54. The maximum absolute atomic E-state index is 13.8. The number of amides is 5. The van der Waals surface area contributed by atoms with E-state index in [0.717, 1.165) is 5.56 Å². The summed E-state index contributed by atoms with van der Waals surface area (Å²) >= 11 is 1.47. The Morgan fingerprint density at radius 1 is 0.792 bits per heavy atom. The summed E-state index contributed by atoms with van der Waals surface area (Å²) in [5.74, 6) is -3.37. The van der Waals surface area contributed by atoms with Gasteiger partial charge >= 0.3 is 12.1 Å². The first-order valence-corrected chi connectivity index (χ1v) is 17.8. The van der Waals surface area contributed by atoms with Crippen LogP contribution in [0.25, 0.3) is 0 Å². The number of alkyl carbamates (subject to hydrolysis) is 1. The van der Waals surface area contributed by atoms with Gasteiger partial charge in [0, 0.05) is 6.42 Å². The zero-order valence-electron chi connectivity index (χ0n) is 29.6. The predicted molar refractivity (Wildman–Crippen MR) is 186 cm³/mol. The third-order valence-corrected chi connectivity index (χ3v) is 8.39. The summed E-state index contributed by atoms with van der Waals surface area (Å²) < 4.78 is 10.7. The highest BCUT2D eigenvalue weighted by Crippen LogP contribution is 2.14. The smallest absolute Gasteiger partial charge is 0.408 e. The molecule has 270 valence electrons. The van der Waals surface area contributed by atoms with E-state index in [1.165, 1.54) is 11.8 Å². The summed E-state index contributed by atoms with van der Waals surface area (Å²) in [7, 11) is 0. The largest absolute Gasteiger partial charge is 0.461 e. The monoisotopic (exact) mass is 693 g/mol. The lowest BCUT2D eigenvalue weighted by Gasteiger charge is -2.30. The Kier molecular flexibility index (Phi) is 18.7. The van der Waals surface area contributed by atoms with Crippen LogP contribution < -0.4 is 27.0 Å². The average Bonchev–Trinajstić information content (AvgIpc) is 3.03. The summed E-state index contributed by atoms with van der Waals surface area (Å²) in [5, 5.41) is 10.6. The van der Waals surface area contributed by atoms with Crippen LogP contribution in [0.2, 0.25) is 0 Å². The molecule has 13 nitrogen and oxygen atoms in total. The molecule has 0 fully saturated rings. The van der Waals surface area contributed by atoms with E-state index in [9.17, 15) is 28.8 Å². The highest BCUT2D eigenvalue weighted by molar-refractivity contribution is 7.98. The normalized spacial score (nSPS) is 15.0. The molecule has 0 heterocycles. The molecule has 1 aromatic carbocycles. The Morgan fingerprint density at radius 2 is 1.33 bits per heavy atom. The number of hydrogen-bond donors (Lipinski definition) is 5. The Balaban J connectivity index is 3.26. The third-order valence-electron chi connectivity index (χ3n) is 7.74. The molecule has 0 aliphatic rings. The molecule has 0 aromatic heterocycles. The minimum absolute atomic E-state index is 0.0347. The van der Waals surface area contributed by atoms with Crippen molar-refractivity contribution in [1.29, 1.82) is 0 Å². The zero-order chi connectivity index (χ0) is 36.4. The molecule has 0 unspecified atom stereocenters. The highest BCUT2D eigenvalue weighted by atomic mass is 32.2. The molecule has 0 spiro atoms. The molecule has 0 saturated heterocycles. The first kappa shape index (κ1) is 42.2. The van der Waals surface area contributed by atoms with Crippen LogP contribution in [0.1, 0.15) is 86.1 Å². The standard InChI is InChI=1S/C34H55N5O8S/c1-9-21(3)27(29(35)41)38-32(44)28(22(4)10-2)39-31(43)24(16-17-26(40)46-20-23-14-12-11-13-15-23)36-30(42)25(18-19-48-8)37-33(45)47-34(5,6)7/h11-15,21-22,24-25,27-28H,9-10,16-20H2,1-8H3,(H2,35,41)(H,36,42)(H,37,45)(H,38,44)(H,39,43)/t21-,22-,24-,25-,27-,28+/m0/s1. The van der Waals surface area contributed by atoms with E-state index in [2.05, 4.69) is 21.3 Å². The fourth-order valence-electron chi connectivity index (χ4n) is 4.50. The van der Waals surface area contributed by atoms with Crippen LogP contribution >= 0.6 is 11.8 Å². The van der Waals surface area contributed by atoms with Crippen LogP contribution in [0.3, 0.4) is 0 Å². The van der Waals surface area contributed by atoms with Crippen LogP contribution in [-0.4, -0.2) is 77.5 Å². The second-order valence-electron chi connectivity index (χ2n) is 12.9. The number of esters is 1. The number of thioether (sulfide) groups is 1. The molecule has 0 radical (unpaired) electrons. The lowest BCUT2D eigenvalue weighted by molar-refractivity contribution is -0.145. The minimum Gasteiger partial charge on any atom is -0.461 e. The van der Waals surface area contributed by atoms with E-state index in [0.29, 0.717) is 18.6 Å². The van der Waals surface area contributed by atoms with Crippen molar-refractivity contribution in [3.63, 3.8) is 0 Å². The van der Waals surface area contributed by atoms with Crippen LogP contribution in [0.4, 0.5) is 4.79 Å². The molecule has 1 aromatic rings. The molecule has 0 aliphatic heterocycles. The molecule has 0 bridgehead atoms. The van der Waals surface area contributed by atoms with Gasteiger partial charge in [0.1, 0.15) is 36.4 Å². The van der Waals surface area contributed by atoms with E-state index in [-0.39, 0.29) is 37.7 Å². The van der Waals surface area contributed by atoms with E-state index in [4.69, 9.17) is 15.2 Å². The van der Waals surface area contributed by atoms with Gasteiger partial charge in [-0.3, -0.25) is 24.0 Å². The Morgan fingerprint density at radius 3 is 1.88 bits per heavy atom. The highest BCUT2D eigenvalue weighted by Gasteiger charge is 2.34. The van der Waals surface area contributed by atoms with Gasteiger partial charge in [0.2, 0.25) is 23.6 Å². The van der Waals surface area contributed by atoms with Crippen LogP contribution in [0.5, 0.6) is 0 Å². The number of primary amides is 1. The van der Waals surface area contributed by atoms with Gasteiger partial charge in [-0.25, -0.2) is 4.79 Å². The van der Waals surface area contributed by atoms with Crippen molar-refractivity contribution in [3.05, 3.63) is 35.9 Å². The SMILES string of the molecule is CC[C@H](C)[C@H](NC(=O)[C@H](NC(=O)[C@H](CCC(=O)OCc1ccccc1)NC(=O)[C@H](CCSC)NC(=O)OC(C)(C)C)[C@@H](C)CC)C(N)=O. The number of nitrogens with one attached hydrogen (secondary N) is 4. The molecule has 6 N–H and O–H groups in total. The van der Waals surface area contributed by atoms with Crippen LogP contribution in [-0.2, 0) is 40.1 Å². The van der Waals surface area contributed by atoms with Gasteiger partial charge in [-0.05, 0) is 63.0 Å². The topological polar surface area (TPSA) is 195 Å². The summed E-state index contributed by atoms with van der Waals surface area (Å²) in [6.07, 6.45) is 2.00. The number of hydrogen-bond acceptors (Lipinski definition) is 9. The van der Waals surface area contributed by atoms with Gasteiger partial charge in [-0.2, -0.15) is 11.8 Å². The quantitative estimate of drug-likeness (QED) is 0.128. The second-order valence-corrected chi connectivity index (χ2v) is 13.9. The van der Waals surface area contributed by atoms with Gasteiger partial charge in [0.25, 0.3) is 0 Å². The Labute approximate surface area is 289 Å². The first-order chi connectivity index (χ1) is 22.5. The minimum atomic E-state index is -1.28. The number of carbonyl (C=O) groups excluding carboxylic acids is 6. The van der Waals surface area contributed by atoms with E-state index in [1.807, 2.05) is 38.3 Å². The lowest BCUT2D eigenvalue weighted by atomic mass is 9.94. The van der Waals surface area contributed by atoms with Crippen molar-refractivity contribution in [2.75, 3.05) is 12.0 Å². The molecule has 14 heteroatoms. The fraction of sp³-hybridized carbons (Fsp3) is 0.647. The number of nitrogens with two attached hydrogens (primary N) is 1. The van der Waals surface area contributed by atoms with Crippen molar-refractivity contribution in [2.45, 2.75) is 117 Å². The summed E-state index contributed by atoms with van der Waals surface area (Å²) in [4.78, 5) is 78.2. The molecule has 48 heavy (non-hydrogen) atoms. The Hall–Kier alpha value is -3.81. The molecule has 0 aliphatic carbocycles. The molecule has 1 rings (SSSR count). The zero-order valence-corrected chi connectivity index (χ0v) is 30.4. The number of benzene rings is 1. The molecule has 0 saturated carbocycles. The van der Waals surface area contributed by atoms with E-state index < -0.39 is 65.5 Å². The lowest BCUT2D eigenvalue weighted by Crippen LogP contribution is -2.60. The van der Waals surface area contributed by atoms with Crippen molar-refractivity contribution in [1.82, 2.24) is 21.3 Å². The van der Waals surface area contributed by atoms with E-state index in [1.54, 1.807) is 46.8 Å². The molecular weight excluding hydrogens is 638 g/mol. The first-order valence-electron chi connectivity index (χ1n) is 16.4. The van der Waals surface area contributed by atoms with Gasteiger partial charge in [-0.1, -0.05) is 70.9 Å². The number of carbonyl (C=O) groups is 6. The van der Waals surface area contributed by atoms with Crippen LogP contribution in [0, 0.1) is 11.8 Å². The van der Waals surface area contributed by atoms with Crippen molar-refractivity contribution >= 4 is 47.5 Å². The second kappa shape index (κ2) is 21.2. The van der Waals surface area contributed by atoms with Gasteiger partial charge < -0.3 is 36.5 Å². The number of ether oxygens (including phenoxy) is 2. The summed E-state index contributed by atoms with van der Waals surface area (Å²) in [6.45, 7) is 12.4. The number of rotatable bonds is 20. The Bertz CT molecular complexity index is 1210.